The minimum Gasteiger partial charge on any atom is -0.462 e. The molecular weight excluding hydrogens is 409 g/mol. The van der Waals surface area contributed by atoms with E-state index in [1.165, 1.54) is 28.8 Å². The molecule has 1 aromatic rings. The third-order valence-corrected chi connectivity index (χ3v) is 9.44. The lowest BCUT2D eigenvalue weighted by Crippen LogP contribution is -2.32. The van der Waals surface area contributed by atoms with Crippen LogP contribution in [-0.2, 0) is 16.5 Å². The molecule has 146 valence electrons. The molecule has 0 aliphatic carbocycles. The number of para-hydroxylation sites is 1. The first-order valence-corrected chi connectivity index (χ1v) is 13.5. The zero-order valence-corrected chi connectivity index (χ0v) is 18.5. The number of alkyl carbamates (subject to hydrolysis) is 1. The van der Waals surface area contributed by atoms with E-state index in [1.54, 1.807) is 0 Å². The van der Waals surface area contributed by atoms with Crippen molar-refractivity contribution < 1.29 is 14.1 Å². The van der Waals surface area contributed by atoms with Gasteiger partial charge in [0.05, 0.1) is 0 Å². The Hall–Kier alpha value is -0.730. The first-order valence-electron chi connectivity index (χ1n) is 8.33. The lowest BCUT2D eigenvalue weighted by Gasteiger charge is -2.30. The number of carbonyl (C=O) groups excluding carboxylic acids is 1. The topological polar surface area (TPSA) is 83.4 Å². The van der Waals surface area contributed by atoms with Crippen molar-refractivity contribution in [2.24, 2.45) is 0 Å². The van der Waals surface area contributed by atoms with Gasteiger partial charge in [-0.1, -0.05) is 38.5 Å². The Bertz CT molecular complexity index is 619. The van der Waals surface area contributed by atoms with Crippen LogP contribution in [0.4, 0.5) is 4.79 Å². The summed E-state index contributed by atoms with van der Waals surface area (Å²) in [6.07, 6.45) is -0.623. The molecule has 2 unspecified atom stereocenters. The summed E-state index contributed by atoms with van der Waals surface area (Å²) < 4.78 is 14.7. The largest absolute Gasteiger partial charge is 0.462 e. The van der Waals surface area contributed by atoms with Crippen molar-refractivity contribution in [3.63, 3.8) is 0 Å². The molecule has 0 saturated carbocycles. The maximum Gasteiger partial charge on any atom is 0.408 e. The Labute approximate surface area is 168 Å². The highest BCUT2D eigenvalue weighted by Crippen LogP contribution is 2.54. The normalized spacial score (nSPS) is 14.1. The van der Waals surface area contributed by atoms with E-state index in [0.29, 0.717) is 11.9 Å². The molecule has 1 aromatic carbocycles. The Morgan fingerprint density at radius 3 is 2.62 bits per heavy atom. The number of hydrogen-bond acceptors (Lipinski definition) is 8. The minimum absolute atomic E-state index is 0.170. The van der Waals surface area contributed by atoms with Crippen LogP contribution in [-0.4, -0.2) is 36.7 Å². The number of hydrogen-bond donors (Lipinski definition) is 3. The number of benzene rings is 1. The van der Waals surface area contributed by atoms with Crippen LogP contribution in [0.1, 0.15) is 26.7 Å². The van der Waals surface area contributed by atoms with Crippen molar-refractivity contribution in [1.82, 2.24) is 10.0 Å². The van der Waals surface area contributed by atoms with Gasteiger partial charge in [-0.15, -0.1) is 0 Å². The lowest BCUT2D eigenvalue weighted by atomic mass is 10.3. The van der Waals surface area contributed by atoms with Crippen molar-refractivity contribution in [1.29, 1.82) is 5.41 Å². The Morgan fingerprint density at radius 2 is 2.04 bits per heavy atom. The predicted molar refractivity (Wildman–Crippen MR) is 117 cm³/mol. The van der Waals surface area contributed by atoms with E-state index in [1.807, 2.05) is 37.3 Å². The fourth-order valence-electron chi connectivity index (χ4n) is 1.82. The molecular formula is C16H26N3O3PS3. The molecule has 26 heavy (non-hydrogen) atoms. The van der Waals surface area contributed by atoms with Crippen LogP contribution in [0.3, 0.4) is 0 Å². The third-order valence-electron chi connectivity index (χ3n) is 3.27. The average Bonchev–Trinajstić information content (AvgIpc) is 2.66. The summed E-state index contributed by atoms with van der Waals surface area (Å²) in [4.78, 5) is 11.8. The van der Waals surface area contributed by atoms with Crippen LogP contribution in [0.25, 0.3) is 0 Å². The molecule has 1 amide bonds. The highest BCUT2D eigenvalue weighted by molar-refractivity contribution is 8.81. The van der Waals surface area contributed by atoms with Crippen LogP contribution < -0.4 is 14.6 Å². The summed E-state index contributed by atoms with van der Waals surface area (Å²) in [5.74, 6) is -0.275. The molecule has 0 aliphatic heterocycles. The predicted octanol–water partition coefficient (Wildman–Crippen LogP) is 4.83. The van der Waals surface area contributed by atoms with Gasteiger partial charge < -0.3 is 14.6 Å². The van der Waals surface area contributed by atoms with Crippen molar-refractivity contribution in [3.8, 4) is 5.75 Å². The molecule has 1 rings (SSSR count). The summed E-state index contributed by atoms with van der Waals surface area (Å²) in [6.45, 7) is 4.87. The smallest absolute Gasteiger partial charge is 0.408 e. The third kappa shape index (κ3) is 7.88. The maximum absolute atomic E-state index is 11.8. The molecule has 0 aliphatic rings. The molecule has 0 spiro atoms. The summed E-state index contributed by atoms with van der Waals surface area (Å²) in [5, 5.41) is 11.0. The molecule has 0 saturated heterocycles. The zero-order valence-electron chi connectivity index (χ0n) is 15.2. The Morgan fingerprint density at radius 1 is 1.35 bits per heavy atom. The fourth-order valence-corrected chi connectivity index (χ4v) is 6.72. The lowest BCUT2D eigenvalue weighted by molar-refractivity contribution is 0.152. The van der Waals surface area contributed by atoms with Gasteiger partial charge >= 0.3 is 6.09 Å². The van der Waals surface area contributed by atoms with Crippen molar-refractivity contribution >= 4 is 51.0 Å². The molecule has 3 N–H and O–H groups in total. The van der Waals surface area contributed by atoms with Crippen LogP contribution in [0, 0.1) is 5.41 Å². The monoisotopic (exact) mass is 435 g/mol. The number of carbonyl (C=O) groups is 1. The first-order chi connectivity index (χ1) is 12.5. The SMILES string of the molecule is CCCCNSSC(=N)C(OC(=O)NC)P(=S)(CC)Oc1ccccc1. The molecule has 10 heteroatoms. The van der Waals surface area contributed by atoms with Crippen molar-refractivity contribution in [2.75, 3.05) is 19.8 Å². The highest BCUT2D eigenvalue weighted by Gasteiger charge is 2.37. The number of amides is 1. The fraction of sp³-hybridized carbons (Fsp3) is 0.500. The van der Waals surface area contributed by atoms with Gasteiger partial charge in [-0.3, -0.25) is 10.1 Å². The van der Waals surface area contributed by atoms with E-state index in [9.17, 15) is 4.79 Å². The van der Waals surface area contributed by atoms with Gasteiger partial charge in [0.2, 0.25) is 5.85 Å². The minimum atomic E-state index is -2.65. The summed E-state index contributed by atoms with van der Waals surface area (Å²) in [5.41, 5.74) is 0. The molecule has 6 nitrogen and oxygen atoms in total. The van der Waals surface area contributed by atoms with E-state index in [0.717, 1.165) is 19.4 Å². The number of ether oxygens (including phenoxy) is 1. The summed E-state index contributed by atoms with van der Waals surface area (Å²) in [7, 11) is 4.03. The molecule has 0 heterocycles. The zero-order chi connectivity index (χ0) is 19.4. The van der Waals surface area contributed by atoms with E-state index < -0.39 is 18.2 Å². The summed E-state index contributed by atoms with van der Waals surface area (Å²) in [6, 6.07) is 9.22. The van der Waals surface area contributed by atoms with Gasteiger partial charge in [-0.05, 0) is 52.1 Å². The van der Waals surface area contributed by atoms with Crippen LogP contribution in [0.5, 0.6) is 5.75 Å². The maximum atomic E-state index is 11.8. The quantitative estimate of drug-likeness (QED) is 0.115. The van der Waals surface area contributed by atoms with Crippen molar-refractivity contribution in [2.45, 2.75) is 32.5 Å². The Balaban J connectivity index is 2.88. The van der Waals surface area contributed by atoms with Crippen LogP contribution in [0.15, 0.2) is 30.3 Å². The van der Waals surface area contributed by atoms with Gasteiger partial charge in [0, 0.05) is 19.8 Å². The van der Waals surface area contributed by atoms with E-state index in [-0.39, 0.29) is 5.04 Å². The standard InChI is InChI=1S/C16H26N3O3PS3/c1-4-6-12-19-26-25-14(17)15(21-16(20)18-3)23(24,5-2)22-13-10-8-7-9-11-13/h7-11,15,17,19H,4-6,12H2,1-3H3,(H,18,20). The van der Waals surface area contributed by atoms with Crippen molar-refractivity contribution in [3.05, 3.63) is 30.3 Å². The van der Waals surface area contributed by atoms with Gasteiger partial charge in [0.15, 0.2) is 6.26 Å². The van der Waals surface area contributed by atoms with Gasteiger partial charge in [0.1, 0.15) is 10.8 Å². The number of rotatable bonds is 11. The highest BCUT2D eigenvalue weighted by atomic mass is 33.1. The summed E-state index contributed by atoms with van der Waals surface area (Å²) >= 11 is 5.77. The second-order valence-electron chi connectivity index (χ2n) is 5.23. The van der Waals surface area contributed by atoms with E-state index >= 15 is 0 Å². The van der Waals surface area contributed by atoms with Gasteiger partial charge in [-0.25, -0.2) is 4.79 Å². The number of unbranched alkanes of at least 4 members (excludes halogenated alkanes) is 1. The first kappa shape index (κ1) is 23.3. The van der Waals surface area contributed by atoms with Crippen LogP contribution in [0.2, 0.25) is 0 Å². The Kier molecular flexibility index (Phi) is 11.3. The van der Waals surface area contributed by atoms with Crippen LogP contribution >= 0.6 is 28.0 Å². The average molecular weight is 436 g/mol. The second-order valence-corrected chi connectivity index (χ2v) is 11.9. The van der Waals surface area contributed by atoms with E-state index in [4.69, 9.17) is 26.5 Å². The molecule has 0 bridgehead atoms. The molecule has 0 aromatic heterocycles. The van der Waals surface area contributed by atoms with Gasteiger partial charge in [-0.2, -0.15) is 0 Å². The van der Waals surface area contributed by atoms with E-state index in [2.05, 4.69) is 17.0 Å². The number of nitrogens with one attached hydrogen (secondary N) is 3. The molecule has 0 fully saturated rings. The van der Waals surface area contributed by atoms with Gasteiger partial charge in [0.25, 0.3) is 0 Å². The molecule has 0 radical (unpaired) electrons. The second kappa shape index (κ2) is 12.6. The molecule has 2 atom stereocenters.